The molecule has 526 valence electrons. The van der Waals surface area contributed by atoms with Gasteiger partial charge in [-0.2, -0.15) is 0 Å². The van der Waals surface area contributed by atoms with Gasteiger partial charge in [0.2, 0.25) is 0 Å². The van der Waals surface area contributed by atoms with Crippen molar-refractivity contribution in [2.75, 3.05) is 72.2 Å². The van der Waals surface area contributed by atoms with Gasteiger partial charge in [-0.1, -0.05) is 104 Å². The third-order valence-electron chi connectivity index (χ3n) is 21.1. The molecule has 0 saturated carbocycles. The van der Waals surface area contributed by atoms with Crippen molar-refractivity contribution in [1.82, 2.24) is 24.5 Å². The molecular formula is C84H99F6N5O4. The lowest BCUT2D eigenvalue weighted by atomic mass is 9.83. The van der Waals surface area contributed by atoms with Crippen LogP contribution in [-0.4, -0.2) is 149 Å². The Balaban J connectivity index is 0.000000141. The molecule has 3 aliphatic carbocycles. The molecule has 9 nitrogen and oxygen atoms in total. The fourth-order valence-electron chi connectivity index (χ4n) is 16.8. The summed E-state index contributed by atoms with van der Waals surface area (Å²) >= 11 is 0. The Kier molecular flexibility index (Phi) is 21.5. The van der Waals surface area contributed by atoms with E-state index in [9.17, 15) is 22.4 Å². The van der Waals surface area contributed by atoms with Crippen LogP contribution < -0.4 is 9.47 Å². The summed E-state index contributed by atoms with van der Waals surface area (Å²) in [5, 5.41) is 8.81. The molecule has 1 N–H and O–H groups in total. The van der Waals surface area contributed by atoms with Gasteiger partial charge in [-0.3, -0.25) is 28.9 Å². The van der Waals surface area contributed by atoms with E-state index in [-0.39, 0.29) is 60.5 Å². The van der Waals surface area contributed by atoms with Crippen molar-refractivity contribution in [3.63, 3.8) is 0 Å². The molecule has 2 fully saturated rings. The minimum absolute atomic E-state index is 0.0332. The molecule has 15 heteroatoms. The molecule has 5 heterocycles. The number of benzene rings is 6. The van der Waals surface area contributed by atoms with Crippen molar-refractivity contribution >= 4 is 28.8 Å². The monoisotopic (exact) mass is 1360 g/mol. The van der Waals surface area contributed by atoms with E-state index in [1.807, 2.05) is 48.2 Å². The lowest BCUT2D eigenvalue weighted by Gasteiger charge is -2.44. The predicted molar refractivity (Wildman–Crippen MR) is 386 cm³/mol. The van der Waals surface area contributed by atoms with E-state index >= 15 is 8.78 Å². The van der Waals surface area contributed by atoms with E-state index in [4.69, 9.17) is 14.6 Å². The maximum absolute atomic E-state index is 15.4. The van der Waals surface area contributed by atoms with Crippen LogP contribution in [0.5, 0.6) is 11.5 Å². The Bertz CT molecular complexity index is 3980. The third kappa shape index (κ3) is 16.4. The highest BCUT2D eigenvalue weighted by Gasteiger charge is 2.45. The van der Waals surface area contributed by atoms with Gasteiger partial charge in [0.1, 0.15) is 52.9 Å². The average Bonchev–Trinajstić information content (AvgIpc) is 1.67. The van der Waals surface area contributed by atoms with Gasteiger partial charge in [-0.05, 0) is 240 Å². The number of hydrogen-bond acceptors (Lipinski definition) is 8. The van der Waals surface area contributed by atoms with E-state index in [1.54, 1.807) is 27.7 Å². The van der Waals surface area contributed by atoms with Gasteiger partial charge in [0.05, 0.1) is 24.8 Å². The Hall–Kier alpha value is -7.27. The Morgan fingerprint density at radius 3 is 1.34 bits per heavy atom. The zero-order valence-electron chi connectivity index (χ0n) is 59.4. The summed E-state index contributed by atoms with van der Waals surface area (Å²) in [4.78, 5) is 22.0. The van der Waals surface area contributed by atoms with Crippen molar-refractivity contribution in [2.24, 2.45) is 5.92 Å². The molecule has 2 saturated heterocycles. The predicted octanol–water partition coefficient (Wildman–Crippen LogP) is 17.9. The molecule has 6 aromatic rings. The van der Waals surface area contributed by atoms with Crippen LogP contribution >= 0.6 is 0 Å². The minimum Gasteiger partial charge on any atom is -0.492 e. The topological polar surface area (TPSA) is 72.0 Å². The van der Waals surface area contributed by atoms with Crippen LogP contribution in [0.1, 0.15) is 169 Å². The quantitative estimate of drug-likeness (QED) is 0.0594. The highest BCUT2D eigenvalue weighted by molar-refractivity contribution is 5.85. The molecule has 0 unspecified atom stereocenters. The number of ether oxygens (including phenoxy) is 2. The second-order valence-electron chi connectivity index (χ2n) is 30.9. The number of likely N-dealkylation sites (tertiary alicyclic amines) is 2. The molecule has 0 bridgehead atoms. The lowest BCUT2D eigenvalue weighted by molar-refractivity contribution is -0.131. The first-order valence-corrected chi connectivity index (χ1v) is 35.8. The van der Waals surface area contributed by atoms with Crippen molar-refractivity contribution in [1.29, 1.82) is 0 Å². The summed E-state index contributed by atoms with van der Waals surface area (Å²) in [5.41, 5.74) is 13.9. The van der Waals surface area contributed by atoms with Crippen molar-refractivity contribution < 1.29 is 45.7 Å². The molecule has 0 radical (unpaired) electrons. The van der Waals surface area contributed by atoms with E-state index in [0.29, 0.717) is 38.6 Å². The van der Waals surface area contributed by atoms with Crippen LogP contribution in [0.4, 0.5) is 26.3 Å². The van der Waals surface area contributed by atoms with Gasteiger partial charge in [-0.25, -0.2) is 26.7 Å². The second kappa shape index (κ2) is 29.7. The fraction of sp³-hybridized carbons (Fsp3) is 0.464. The number of alkyl halides is 4. The van der Waals surface area contributed by atoms with Crippen LogP contribution in [0.15, 0.2) is 156 Å². The molecule has 14 rings (SSSR count). The van der Waals surface area contributed by atoms with Crippen LogP contribution in [-0.2, 0) is 24.1 Å². The Morgan fingerprint density at radius 2 is 0.939 bits per heavy atom. The van der Waals surface area contributed by atoms with Gasteiger partial charge in [0.25, 0.3) is 0 Å². The van der Waals surface area contributed by atoms with Crippen LogP contribution in [0.25, 0.3) is 22.8 Å². The number of halogens is 6. The summed E-state index contributed by atoms with van der Waals surface area (Å²) in [5.74, 6) is -0.750. The van der Waals surface area contributed by atoms with E-state index < -0.39 is 40.7 Å². The van der Waals surface area contributed by atoms with Crippen molar-refractivity contribution in [3.8, 4) is 11.5 Å². The second-order valence-corrected chi connectivity index (χ2v) is 30.9. The average molecular weight is 1360 g/mol. The normalized spacial score (nSPS) is 22.9. The van der Waals surface area contributed by atoms with Crippen LogP contribution in [0.2, 0.25) is 0 Å². The summed E-state index contributed by atoms with van der Waals surface area (Å²) < 4.78 is 100. The first-order chi connectivity index (χ1) is 47.2. The lowest BCUT2D eigenvalue weighted by Crippen LogP contribution is -2.53. The van der Waals surface area contributed by atoms with Gasteiger partial charge in [0.15, 0.2) is 0 Å². The number of rotatable bonds is 20. The molecule has 5 aliphatic heterocycles. The number of fused-ring (bicyclic) bond motifs is 6. The number of carboxylic acids is 1. The third-order valence-corrected chi connectivity index (χ3v) is 21.1. The molecule has 0 amide bonds. The first kappa shape index (κ1) is 71.6. The summed E-state index contributed by atoms with van der Waals surface area (Å²) in [6.45, 7) is 25.3. The van der Waals surface area contributed by atoms with Gasteiger partial charge in [0, 0.05) is 88.0 Å². The SMILES string of the molecule is CCCN1CC(Oc2ccc([C@@H]3C4=C(C[C@@H](C)N3CC(C)(C)F)c3ccccc3C4)cc2)C1.C[C@@H]1CC2=C(Cc3ccccc32)[C@@H](c2c(F)cc(/C=C/C(=O)O)cc2F)N1CC(C)(C)F.C[C@@H]1CC2=C(Cc3ccccc32)[C@@H](c2ccc(OCCN3CC(CF)C3)cc2)N1CC(C)(C)F. The van der Waals surface area contributed by atoms with Crippen LogP contribution in [0, 0.1) is 17.6 Å². The number of carbonyl (C=O) groups is 1. The molecule has 99 heavy (non-hydrogen) atoms. The Labute approximate surface area is 582 Å². The van der Waals surface area contributed by atoms with Gasteiger partial charge in [-0.15, -0.1) is 0 Å². The van der Waals surface area contributed by atoms with E-state index in [2.05, 4.69) is 125 Å². The van der Waals surface area contributed by atoms with Crippen LogP contribution in [0.3, 0.4) is 0 Å². The maximum atomic E-state index is 15.4. The standard InChI is InChI=1S/C29H36F2N2O.C29H37FN2O.C26H26F3NO2/c1-20-14-26-25-7-5-4-6-23(25)15-27(26)28(33(20)19-29(2,3)31)22-8-10-24(11-9-22)34-13-12-32-17-21(16-30)18-32;1-5-14-31-17-24(18-31)33-23-12-10-21(11-13-23)28-27-16-22-8-6-7-9-25(22)26(27)15-20(2)32(28)19-29(3,4)30;1-15-10-19-18-7-5-4-6-17(18)13-20(19)25(30(15)14-26(2,3)29)24-21(27)11-16(12-22(24)28)8-9-23(31)32/h4-11,20-21,28H,12-19H2,1-3H3;6-13,20,24,28H,5,14-19H2,1-4H3;4-9,11-12,15,25H,10,13-14H2,1-3H3,(H,31,32)/b;;9-8+/t2*20-,28-;15-,25+/m111/s1. The number of carboxylic acid groups (broad SMARTS) is 1. The summed E-state index contributed by atoms with van der Waals surface area (Å²) in [7, 11) is 0. The van der Waals surface area contributed by atoms with Crippen molar-refractivity contribution in [2.45, 2.75) is 174 Å². The molecule has 6 atom stereocenters. The molecular weight excluding hydrogens is 1260 g/mol. The molecule has 0 spiro atoms. The number of aliphatic carboxylic acids is 1. The molecule has 0 aromatic heterocycles. The fourth-order valence-corrected chi connectivity index (χ4v) is 16.8. The first-order valence-electron chi connectivity index (χ1n) is 35.8. The smallest absolute Gasteiger partial charge is 0.328 e. The largest absolute Gasteiger partial charge is 0.492 e. The minimum atomic E-state index is -1.55. The summed E-state index contributed by atoms with van der Waals surface area (Å²) in [6.07, 6.45) is 8.54. The van der Waals surface area contributed by atoms with Crippen molar-refractivity contribution in [3.05, 3.63) is 224 Å². The highest BCUT2D eigenvalue weighted by atomic mass is 19.2. The van der Waals surface area contributed by atoms with Gasteiger partial charge >= 0.3 is 5.97 Å². The number of hydrogen-bond donors (Lipinski definition) is 1. The summed E-state index contributed by atoms with van der Waals surface area (Å²) in [6, 6.07) is 44.5. The highest BCUT2D eigenvalue weighted by Crippen LogP contribution is 2.53. The molecule has 8 aliphatic rings. The maximum Gasteiger partial charge on any atom is 0.328 e. The molecule has 6 aromatic carbocycles. The van der Waals surface area contributed by atoms with E-state index in [0.717, 1.165) is 123 Å². The number of nitrogens with zero attached hydrogens (tertiary/aromatic N) is 5. The zero-order valence-corrected chi connectivity index (χ0v) is 59.4. The van der Waals surface area contributed by atoms with E-state index in [1.165, 1.54) is 75.9 Å². The zero-order chi connectivity index (χ0) is 70.2. The Morgan fingerprint density at radius 1 is 0.545 bits per heavy atom. The van der Waals surface area contributed by atoms with Gasteiger partial charge < -0.3 is 14.6 Å².